The zero-order valence-electron chi connectivity index (χ0n) is 9.52. The van der Waals surface area contributed by atoms with E-state index < -0.39 is 5.97 Å². The number of carboxylic acid groups (broad SMARTS) is 1. The van der Waals surface area contributed by atoms with Gasteiger partial charge >= 0.3 is 5.97 Å². The quantitative estimate of drug-likeness (QED) is 0.760. The van der Waals surface area contributed by atoms with Crippen LogP contribution >= 0.6 is 0 Å². The smallest absolute Gasteiger partial charge is 0.335 e. The van der Waals surface area contributed by atoms with E-state index in [0.29, 0.717) is 18.8 Å². The van der Waals surface area contributed by atoms with Crippen LogP contribution in [0.3, 0.4) is 0 Å². The molecule has 2 rings (SSSR count). The molecule has 0 aromatic carbocycles. The summed E-state index contributed by atoms with van der Waals surface area (Å²) in [6.07, 6.45) is 3.73. The summed E-state index contributed by atoms with van der Waals surface area (Å²) in [6, 6.07) is 0. The third-order valence-corrected chi connectivity index (χ3v) is 2.88. The number of carbonyl (C=O) groups excluding carboxylic acids is 1. The molecular formula is C12H15NO4. The highest BCUT2D eigenvalue weighted by Crippen LogP contribution is 2.23. The maximum absolute atomic E-state index is 11.4. The zero-order chi connectivity index (χ0) is 12.3. The van der Waals surface area contributed by atoms with Gasteiger partial charge in [-0.15, -0.1) is 0 Å². The minimum absolute atomic E-state index is 0.0644. The lowest BCUT2D eigenvalue weighted by Crippen LogP contribution is -2.33. The molecule has 0 saturated carbocycles. The Hall–Kier alpha value is -1.62. The number of carboxylic acids is 1. The van der Waals surface area contributed by atoms with Crippen molar-refractivity contribution in [2.45, 2.75) is 12.8 Å². The van der Waals surface area contributed by atoms with Crippen LogP contribution in [0.2, 0.25) is 0 Å². The van der Waals surface area contributed by atoms with Crippen LogP contribution in [0.15, 0.2) is 23.4 Å². The van der Waals surface area contributed by atoms with Crippen molar-refractivity contribution >= 4 is 11.8 Å². The summed E-state index contributed by atoms with van der Waals surface area (Å²) in [4.78, 5) is 24.4. The van der Waals surface area contributed by atoms with Gasteiger partial charge in [0.1, 0.15) is 5.78 Å². The van der Waals surface area contributed by atoms with Gasteiger partial charge in [0.2, 0.25) is 0 Å². The molecule has 1 fully saturated rings. The van der Waals surface area contributed by atoms with Crippen LogP contribution in [-0.4, -0.2) is 48.1 Å². The first-order valence-corrected chi connectivity index (χ1v) is 5.65. The van der Waals surface area contributed by atoms with Gasteiger partial charge in [-0.2, -0.15) is 0 Å². The van der Waals surface area contributed by atoms with Gasteiger partial charge in [-0.25, -0.2) is 4.79 Å². The van der Waals surface area contributed by atoms with E-state index in [1.165, 1.54) is 6.08 Å². The third-order valence-electron chi connectivity index (χ3n) is 2.88. The average Bonchev–Trinajstić information content (AvgIpc) is 2.30. The highest BCUT2D eigenvalue weighted by Gasteiger charge is 2.22. The van der Waals surface area contributed by atoms with E-state index in [1.807, 2.05) is 4.90 Å². The number of ether oxygens (including phenoxy) is 1. The fourth-order valence-electron chi connectivity index (χ4n) is 1.99. The molecule has 5 nitrogen and oxygen atoms in total. The summed E-state index contributed by atoms with van der Waals surface area (Å²) in [5, 5.41) is 9.06. The number of nitrogens with zero attached hydrogens (tertiary/aromatic N) is 1. The van der Waals surface area contributed by atoms with E-state index in [-0.39, 0.29) is 24.2 Å². The van der Waals surface area contributed by atoms with Crippen molar-refractivity contribution in [1.29, 1.82) is 0 Å². The summed E-state index contributed by atoms with van der Waals surface area (Å²) in [5.41, 5.74) is 0.867. The zero-order valence-corrected chi connectivity index (χ0v) is 9.52. The highest BCUT2D eigenvalue weighted by molar-refractivity contribution is 5.98. The molecule has 1 aliphatic heterocycles. The second-order valence-corrected chi connectivity index (χ2v) is 4.15. The van der Waals surface area contributed by atoms with E-state index in [4.69, 9.17) is 9.84 Å². The molecule has 0 spiro atoms. The van der Waals surface area contributed by atoms with E-state index >= 15 is 0 Å². The molecule has 1 aliphatic carbocycles. The molecule has 0 aromatic heterocycles. The third kappa shape index (κ3) is 2.94. The molecule has 0 bridgehead atoms. The SMILES string of the molecule is O=C1CC=C(C(=O)O)C(=CN2CCOCC2)C1. The molecule has 1 heterocycles. The van der Waals surface area contributed by atoms with Crippen LogP contribution < -0.4 is 0 Å². The fraction of sp³-hybridized carbons (Fsp3) is 0.500. The maximum atomic E-state index is 11.4. The number of ketones is 1. The Morgan fingerprint density at radius 1 is 1.41 bits per heavy atom. The molecule has 0 amide bonds. The molecule has 1 N–H and O–H groups in total. The van der Waals surface area contributed by atoms with E-state index in [9.17, 15) is 9.59 Å². The largest absolute Gasteiger partial charge is 0.478 e. The van der Waals surface area contributed by atoms with E-state index in [0.717, 1.165) is 13.1 Å². The lowest BCUT2D eigenvalue weighted by molar-refractivity contribution is -0.132. The number of carbonyl (C=O) groups is 2. The van der Waals surface area contributed by atoms with Gasteiger partial charge < -0.3 is 14.7 Å². The van der Waals surface area contributed by atoms with Crippen LogP contribution in [-0.2, 0) is 14.3 Å². The van der Waals surface area contributed by atoms with Gasteiger partial charge in [-0.1, -0.05) is 6.08 Å². The minimum atomic E-state index is -0.961. The van der Waals surface area contributed by atoms with E-state index in [2.05, 4.69) is 0 Å². The molecule has 17 heavy (non-hydrogen) atoms. The number of morpholine rings is 1. The Bertz CT molecular complexity index is 391. The first kappa shape index (κ1) is 11.9. The number of aliphatic carboxylic acids is 1. The summed E-state index contributed by atoms with van der Waals surface area (Å²) in [7, 11) is 0. The molecule has 0 unspecified atom stereocenters. The molecule has 92 valence electrons. The van der Waals surface area contributed by atoms with Gasteiger partial charge in [-0.05, 0) is 5.57 Å². The van der Waals surface area contributed by atoms with Crippen molar-refractivity contribution in [3.05, 3.63) is 23.4 Å². The molecule has 0 atom stereocenters. The number of rotatable bonds is 2. The van der Waals surface area contributed by atoms with Crippen molar-refractivity contribution in [2.75, 3.05) is 26.3 Å². The van der Waals surface area contributed by atoms with Crippen molar-refractivity contribution < 1.29 is 19.4 Å². The van der Waals surface area contributed by atoms with Gasteiger partial charge in [-0.3, -0.25) is 4.79 Å². The number of Topliss-reactive ketones (excluding diaryl/α,β-unsaturated/α-hetero) is 1. The van der Waals surface area contributed by atoms with Gasteiger partial charge in [0.15, 0.2) is 0 Å². The second kappa shape index (κ2) is 5.14. The Kier molecular flexibility index (Phi) is 3.58. The fourth-order valence-corrected chi connectivity index (χ4v) is 1.99. The topological polar surface area (TPSA) is 66.8 Å². The Morgan fingerprint density at radius 3 is 2.76 bits per heavy atom. The lowest BCUT2D eigenvalue weighted by atomic mass is 9.93. The minimum Gasteiger partial charge on any atom is -0.478 e. The predicted octanol–water partition coefficient (Wildman–Crippen LogP) is 0.576. The Balaban J connectivity index is 2.18. The van der Waals surface area contributed by atoms with Crippen molar-refractivity contribution in [1.82, 2.24) is 4.90 Å². The van der Waals surface area contributed by atoms with Crippen LogP contribution in [0.25, 0.3) is 0 Å². The molecular weight excluding hydrogens is 222 g/mol. The van der Waals surface area contributed by atoms with Crippen LogP contribution in [0.4, 0.5) is 0 Å². The van der Waals surface area contributed by atoms with Crippen molar-refractivity contribution in [3.8, 4) is 0 Å². The first-order valence-electron chi connectivity index (χ1n) is 5.65. The summed E-state index contributed by atoms with van der Waals surface area (Å²) in [5.74, 6) is -0.897. The standard InChI is InChI=1S/C12H15NO4/c14-10-1-2-11(12(15)16)9(7-10)8-13-3-5-17-6-4-13/h2,8H,1,3-7H2,(H,15,16). The lowest BCUT2D eigenvalue weighted by Gasteiger charge is -2.27. The summed E-state index contributed by atoms with van der Waals surface area (Å²) in [6.45, 7) is 2.77. The maximum Gasteiger partial charge on any atom is 0.335 e. The highest BCUT2D eigenvalue weighted by atomic mass is 16.5. The molecule has 0 radical (unpaired) electrons. The second-order valence-electron chi connectivity index (χ2n) is 4.15. The Morgan fingerprint density at radius 2 is 2.12 bits per heavy atom. The van der Waals surface area contributed by atoms with Crippen LogP contribution in [0.1, 0.15) is 12.8 Å². The average molecular weight is 237 g/mol. The van der Waals surface area contributed by atoms with Crippen molar-refractivity contribution in [3.63, 3.8) is 0 Å². The van der Waals surface area contributed by atoms with Gasteiger partial charge in [0, 0.05) is 32.1 Å². The van der Waals surface area contributed by atoms with E-state index in [1.54, 1.807) is 6.20 Å². The molecule has 1 saturated heterocycles. The Labute approximate surface area is 99.4 Å². The number of hydrogen-bond acceptors (Lipinski definition) is 4. The molecule has 5 heteroatoms. The molecule has 2 aliphatic rings. The number of hydrogen-bond donors (Lipinski definition) is 1. The molecule has 0 aromatic rings. The predicted molar refractivity (Wildman–Crippen MR) is 60.4 cm³/mol. The van der Waals surface area contributed by atoms with Crippen LogP contribution in [0, 0.1) is 0 Å². The van der Waals surface area contributed by atoms with Gasteiger partial charge in [0.05, 0.1) is 18.8 Å². The normalized spacial score (nSPS) is 23.8. The monoisotopic (exact) mass is 237 g/mol. The first-order chi connectivity index (χ1) is 8.16. The van der Waals surface area contributed by atoms with Crippen molar-refractivity contribution in [2.24, 2.45) is 0 Å². The number of allylic oxidation sites excluding steroid dienone is 1. The van der Waals surface area contributed by atoms with Crippen LogP contribution in [0.5, 0.6) is 0 Å². The van der Waals surface area contributed by atoms with Gasteiger partial charge in [0.25, 0.3) is 0 Å². The summed E-state index contributed by atoms with van der Waals surface area (Å²) < 4.78 is 5.22. The summed E-state index contributed by atoms with van der Waals surface area (Å²) >= 11 is 0.